The summed E-state index contributed by atoms with van der Waals surface area (Å²) in [6, 6.07) is 3.49. The molecule has 0 spiro atoms. The summed E-state index contributed by atoms with van der Waals surface area (Å²) in [5.74, 6) is 1.63. The highest BCUT2D eigenvalue weighted by atomic mass is 35.5. The minimum Gasteiger partial charge on any atom is -0.206 e. The van der Waals surface area contributed by atoms with Gasteiger partial charge in [-0.2, -0.15) is 4.31 Å². The van der Waals surface area contributed by atoms with Crippen molar-refractivity contribution in [1.29, 1.82) is 0 Å². The molecule has 1 atom stereocenters. The Morgan fingerprint density at radius 2 is 2.10 bits per heavy atom. The summed E-state index contributed by atoms with van der Waals surface area (Å²) in [6.45, 7) is 5.72. The van der Waals surface area contributed by atoms with Crippen molar-refractivity contribution in [2.24, 2.45) is 11.8 Å². The van der Waals surface area contributed by atoms with Crippen LogP contribution in [0.1, 0.15) is 38.0 Å². The van der Waals surface area contributed by atoms with E-state index in [9.17, 15) is 8.42 Å². The van der Waals surface area contributed by atoms with Crippen LogP contribution in [0.5, 0.6) is 0 Å². The van der Waals surface area contributed by atoms with Crippen LogP contribution in [0.25, 0.3) is 0 Å². The van der Waals surface area contributed by atoms with Gasteiger partial charge in [-0.1, -0.05) is 13.8 Å². The Hall–Kier alpha value is -0.100. The first-order chi connectivity index (χ1) is 9.45. The predicted molar refractivity (Wildman–Crippen MR) is 84.8 cm³/mol. The van der Waals surface area contributed by atoms with Crippen LogP contribution in [0.3, 0.4) is 0 Å². The standard InChI is InChI=1S/C14H22ClNO2S2/c1-11(2)12-4-3-8-16(9-7-12)20(17,18)14-6-5-13(10-15)19-14/h5-6,11-12H,3-4,7-10H2,1-2H3. The molecule has 0 aliphatic carbocycles. The highest BCUT2D eigenvalue weighted by molar-refractivity contribution is 7.91. The van der Waals surface area contributed by atoms with Crippen LogP contribution < -0.4 is 0 Å². The van der Waals surface area contributed by atoms with Crippen LogP contribution in [-0.4, -0.2) is 25.8 Å². The molecule has 1 aliphatic rings. The Morgan fingerprint density at radius 3 is 2.70 bits per heavy atom. The van der Waals surface area contributed by atoms with Gasteiger partial charge in [0, 0.05) is 18.0 Å². The van der Waals surface area contributed by atoms with E-state index in [1.54, 1.807) is 16.4 Å². The van der Waals surface area contributed by atoms with Gasteiger partial charge in [-0.3, -0.25) is 0 Å². The zero-order valence-corrected chi connectivity index (χ0v) is 14.4. The molecule has 2 heterocycles. The summed E-state index contributed by atoms with van der Waals surface area (Å²) in [5, 5.41) is 0. The van der Waals surface area contributed by atoms with Gasteiger partial charge < -0.3 is 0 Å². The maximum absolute atomic E-state index is 12.6. The van der Waals surface area contributed by atoms with Crippen LogP contribution in [0.4, 0.5) is 0 Å². The Kier molecular flexibility index (Phi) is 5.51. The molecule has 1 aliphatic heterocycles. The molecule has 1 fully saturated rings. The maximum atomic E-state index is 12.6. The number of hydrogen-bond acceptors (Lipinski definition) is 3. The first kappa shape index (κ1) is 16.3. The smallest absolute Gasteiger partial charge is 0.206 e. The lowest BCUT2D eigenvalue weighted by Gasteiger charge is -2.20. The van der Waals surface area contributed by atoms with Gasteiger partial charge in [-0.25, -0.2) is 8.42 Å². The summed E-state index contributed by atoms with van der Waals surface area (Å²) < 4.78 is 27.4. The van der Waals surface area contributed by atoms with Crippen molar-refractivity contribution >= 4 is 33.0 Å². The molecule has 20 heavy (non-hydrogen) atoms. The second-order valence-electron chi connectivity index (χ2n) is 5.69. The lowest BCUT2D eigenvalue weighted by Crippen LogP contribution is -2.31. The van der Waals surface area contributed by atoms with E-state index in [1.807, 2.05) is 0 Å². The number of nitrogens with zero attached hydrogens (tertiary/aromatic N) is 1. The van der Waals surface area contributed by atoms with E-state index in [1.165, 1.54) is 11.3 Å². The monoisotopic (exact) mass is 335 g/mol. The highest BCUT2D eigenvalue weighted by Gasteiger charge is 2.29. The molecular weight excluding hydrogens is 314 g/mol. The Labute approximate surface area is 131 Å². The minimum absolute atomic E-state index is 0.371. The van der Waals surface area contributed by atoms with Gasteiger partial charge in [0.1, 0.15) is 4.21 Å². The van der Waals surface area contributed by atoms with Crippen molar-refractivity contribution in [3.05, 3.63) is 17.0 Å². The van der Waals surface area contributed by atoms with E-state index in [4.69, 9.17) is 11.6 Å². The number of alkyl halides is 1. The number of thiophene rings is 1. The average molecular weight is 336 g/mol. The first-order valence-corrected chi connectivity index (χ1v) is 9.89. The number of hydrogen-bond donors (Lipinski definition) is 0. The van der Waals surface area contributed by atoms with Crippen molar-refractivity contribution in [2.75, 3.05) is 13.1 Å². The molecular formula is C14H22ClNO2S2. The molecule has 1 aromatic heterocycles. The Morgan fingerprint density at radius 1 is 1.35 bits per heavy atom. The predicted octanol–water partition coefficient (Wildman–Crippen LogP) is 3.93. The van der Waals surface area contributed by atoms with Gasteiger partial charge in [0.05, 0.1) is 5.88 Å². The van der Waals surface area contributed by atoms with Gasteiger partial charge in [0.25, 0.3) is 10.0 Å². The lowest BCUT2D eigenvalue weighted by molar-refractivity contribution is 0.341. The van der Waals surface area contributed by atoms with Gasteiger partial charge >= 0.3 is 0 Å². The zero-order valence-electron chi connectivity index (χ0n) is 12.0. The van der Waals surface area contributed by atoms with E-state index in [0.29, 0.717) is 35.0 Å². The highest BCUT2D eigenvalue weighted by Crippen LogP contribution is 2.30. The van der Waals surface area contributed by atoms with Gasteiger partial charge in [0.2, 0.25) is 0 Å². The molecule has 0 amide bonds. The third-order valence-electron chi connectivity index (χ3n) is 4.04. The molecule has 1 unspecified atom stereocenters. The quantitative estimate of drug-likeness (QED) is 0.782. The normalized spacial score (nSPS) is 22.1. The molecule has 1 aromatic rings. The first-order valence-electron chi connectivity index (χ1n) is 7.10. The minimum atomic E-state index is -3.33. The molecule has 0 radical (unpaired) electrons. The molecule has 6 heteroatoms. The molecule has 3 nitrogen and oxygen atoms in total. The number of sulfonamides is 1. The summed E-state index contributed by atoms with van der Waals surface area (Å²) in [5.41, 5.74) is 0. The molecule has 0 N–H and O–H groups in total. The van der Waals surface area contributed by atoms with Gasteiger partial charge in [-0.15, -0.1) is 22.9 Å². The lowest BCUT2D eigenvalue weighted by atomic mass is 9.89. The topological polar surface area (TPSA) is 37.4 Å². The molecule has 2 rings (SSSR count). The zero-order chi connectivity index (χ0) is 14.8. The van der Waals surface area contributed by atoms with E-state index in [-0.39, 0.29) is 0 Å². The molecule has 0 bridgehead atoms. The largest absolute Gasteiger partial charge is 0.252 e. The maximum Gasteiger partial charge on any atom is 0.252 e. The van der Waals surface area contributed by atoms with Crippen molar-refractivity contribution < 1.29 is 8.42 Å². The SMILES string of the molecule is CC(C)C1CCCN(S(=O)(=O)c2ccc(CCl)s2)CC1. The third kappa shape index (κ3) is 3.56. The molecule has 0 saturated carbocycles. The second-order valence-corrected chi connectivity index (χ2v) is 9.29. The van der Waals surface area contributed by atoms with Crippen LogP contribution in [0, 0.1) is 11.8 Å². The summed E-state index contributed by atoms with van der Waals surface area (Å²) in [6.07, 6.45) is 3.04. The van der Waals surface area contributed by atoms with E-state index < -0.39 is 10.0 Å². The fraction of sp³-hybridized carbons (Fsp3) is 0.714. The van der Waals surface area contributed by atoms with Crippen molar-refractivity contribution in [3.63, 3.8) is 0 Å². The van der Waals surface area contributed by atoms with E-state index in [2.05, 4.69) is 13.8 Å². The fourth-order valence-electron chi connectivity index (χ4n) is 2.70. The average Bonchev–Trinajstić information content (AvgIpc) is 2.75. The van der Waals surface area contributed by atoms with Crippen molar-refractivity contribution in [3.8, 4) is 0 Å². The van der Waals surface area contributed by atoms with Gasteiger partial charge in [0.15, 0.2) is 0 Å². The summed E-state index contributed by atoms with van der Waals surface area (Å²) in [7, 11) is -3.33. The fourth-order valence-corrected chi connectivity index (χ4v) is 5.80. The Bertz CT molecular complexity index is 539. The number of rotatable bonds is 4. The van der Waals surface area contributed by atoms with Crippen molar-refractivity contribution in [1.82, 2.24) is 4.31 Å². The summed E-state index contributed by atoms with van der Waals surface area (Å²) >= 11 is 7.04. The Balaban J connectivity index is 2.13. The van der Waals surface area contributed by atoms with Gasteiger partial charge in [-0.05, 0) is 43.2 Å². The van der Waals surface area contributed by atoms with Crippen LogP contribution in [0.15, 0.2) is 16.3 Å². The van der Waals surface area contributed by atoms with Crippen LogP contribution >= 0.6 is 22.9 Å². The number of halogens is 1. The molecule has 114 valence electrons. The summed E-state index contributed by atoms with van der Waals surface area (Å²) in [4.78, 5) is 0.903. The van der Waals surface area contributed by atoms with Crippen molar-refractivity contribution in [2.45, 2.75) is 43.2 Å². The van der Waals surface area contributed by atoms with Crippen LogP contribution in [0.2, 0.25) is 0 Å². The van der Waals surface area contributed by atoms with E-state index in [0.717, 1.165) is 24.1 Å². The second kappa shape index (κ2) is 6.77. The third-order valence-corrected chi connectivity index (χ3v) is 7.94. The molecule has 1 saturated heterocycles. The van der Waals surface area contributed by atoms with Crippen LogP contribution in [-0.2, 0) is 15.9 Å². The van der Waals surface area contributed by atoms with E-state index >= 15 is 0 Å². The molecule has 0 aromatic carbocycles.